The third-order valence-electron chi connectivity index (χ3n) is 5.08. The van der Waals surface area contributed by atoms with Crippen molar-refractivity contribution in [3.8, 4) is 5.75 Å². The normalized spacial score (nSPS) is 11.3. The van der Waals surface area contributed by atoms with Gasteiger partial charge in [0.25, 0.3) is 0 Å². The SMILES string of the molecule is CCC(C)(C)c1ccc(OCCCC(=O)Nc2ccc(C(=O)OC(C)C)cc2)cc1. The Kier molecular flexibility index (Phi) is 8.46. The molecule has 0 heterocycles. The molecule has 0 saturated heterocycles. The third-order valence-corrected chi connectivity index (χ3v) is 5.08. The summed E-state index contributed by atoms with van der Waals surface area (Å²) in [6, 6.07) is 14.9. The van der Waals surface area contributed by atoms with Crippen molar-refractivity contribution < 1.29 is 19.1 Å². The topological polar surface area (TPSA) is 64.6 Å². The van der Waals surface area contributed by atoms with Crippen LogP contribution < -0.4 is 10.1 Å². The number of amides is 1. The number of ether oxygens (including phenoxy) is 2. The van der Waals surface area contributed by atoms with Gasteiger partial charge in [0, 0.05) is 12.1 Å². The number of esters is 1. The van der Waals surface area contributed by atoms with Crippen LogP contribution in [0.4, 0.5) is 5.69 Å². The Morgan fingerprint density at radius 2 is 1.63 bits per heavy atom. The molecule has 0 fully saturated rings. The molecule has 2 rings (SSSR count). The third kappa shape index (κ3) is 7.21. The predicted molar refractivity (Wildman–Crippen MR) is 120 cm³/mol. The van der Waals surface area contributed by atoms with Gasteiger partial charge in [0.15, 0.2) is 0 Å². The molecule has 0 atom stereocenters. The van der Waals surface area contributed by atoms with E-state index in [0.717, 1.165) is 12.2 Å². The zero-order valence-electron chi connectivity index (χ0n) is 18.7. The minimum atomic E-state index is -0.369. The first kappa shape index (κ1) is 23.5. The second kappa shape index (κ2) is 10.8. The lowest BCUT2D eigenvalue weighted by molar-refractivity contribution is -0.116. The van der Waals surface area contributed by atoms with Crippen LogP contribution in [0.1, 0.15) is 69.8 Å². The number of anilines is 1. The van der Waals surface area contributed by atoms with Crippen LogP contribution in [0.2, 0.25) is 0 Å². The highest BCUT2D eigenvalue weighted by Crippen LogP contribution is 2.28. The summed E-state index contributed by atoms with van der Waals surface area (Å²) >= 11 is 0. The first-order valence-electron chi connectivity index (χ1n) is 10.6. The fourth-order valence-corrected chi connectivity index (χ4v) is 2.82. The standard InChI is InChI=1S/C25H33NO4/c1-6-25(4,5)20-11-15-22(16-12-20)29-17-7-8-23(27)26-21-13-9-19(10-14-21)24(28)30-18(2)3/h9-16,18H,6-8,17H2,1-5H3,(H,26,27). The fourth-order valence-electron chi connectivity index (χ4n) is 2.82. The number of hydrogen-bond donors (Lipinski definition) is 1. The fraction of sp³-hybridized carbons (Fsp3) is 0.440. The highest BCUT2D eigenvalue weighted by molar-refractivity contribution is 5.93. The maximum Gasteiger partial charge on any atom is 0.338 e. The van der Waals surface area contributed by atoms with Crippen molar-refractivity contribution in [2.75, 3.05) is 11.9 Å². The summed E-state index contributed by atoms with van der Waals surface area (Å²) in [7, 11) is 0. The van der Waals surface area contributed by atoms with Crippen molar-refractivity contribution >= 4 is 17.6 Å². The minimum Gasteiger partial charge on any atom is -0.494 e. The van der Waals surface area contributed by atoms with Crippen LogP contribution in [0.25, 0.3) is 0 Å². The number of nitrogens with one attached hydrogen (secondary N) is 1. The van der Waals surface area contributed by atoms with E-state index in [1.807, 2.05) is 12.1 Å². The Hall–Kier alpha value is -2.82. The van der Waals surface area contributed by atoms with Crippen LogP contribution >= 0.6 is 0 Å². The van der Waals surface area contributed by atoms with Crippen LogP contribution in [0.5, 0.6) is 5.75 Å². The number of carbonyl (C=O) groups excluding carboxylic acids is 2. The molecule has 2 aromatic carbocycles. The van der Waals surface area contributed by atoms with Crippen LogP contribution in [-0.2, 0) is 14.9 Å². The van der Waals surface area contributed by atoms with Crippen LogP contribution in [0.3, 0.4) is 0 Å². The molecule has 2 aromatic rings. The molecule has 0 aliphatic heterocycles. The quantitative estimate of drug-likeness (QED) is 0.400. The van der Waals surface area contributed by atoms with E-state index in [0.29, 0.717) is 30.7 Å². The first-order valence-corrected chi connectivity index (χ1v) is 10.6. The average molecular weight is 412 g/mol. The average Bonchev–Trinajstić information content (AvgIpc) is 2.71. The Morgan fingerprint density at radius 1 is 1.00 bits per heavy atom. The highest BCUT2D eigenvalue weighted by Gasteiger charge is 2.17. The lowest BCUT2D eigenvalue weighted by Gasteiger charge is -2.23. The molecular weight excluding hydrogens is 378 g/mol. The maximum absolute atomic E-state index is 12.1. The Morgan fingerprint density at radius 3 is 2.20 bits per heavy atom. The van der Waals surface area contributed by atoms with E-state index < -0.39 is 0 Å². The maximum atomic E-state index is 12.1. The summed E-state index contributed by atoms with van der Waals surface area (Å²) in [6.07, 6.45) is 1.89. The summed E-state index contributed by atoms with van der Waals surface area (Å²) < 4.78 is 10.9. The molecule has 0 radical (unpaired) electrons. The number of rotatable bonds is 10. The van der Waals surface area contributed by atoms with Crippen LogP contribution in [-0.4, -0.2) is 24.6 Å². The smallest absolute Gasteiger partial charge is 0.338 e. The van der Waals surface area contributed by atoms with Gasteiger partial charge in [-0.15, -0.1) is 0 Å². The van der Waals surface area contributed by atoms with Crippen LogP contribution in [0.15, 0.2) is 48.5 Å². The van der Waals surface area contributed by atoms with Gasteiger partial charge in [-0.1, -0.05) is 32.9 Å². The second-order valence-corrected chi connectivity index (χ2v) is 8.29. The van der Waals surface area contributed by atoms with Gasteiger partial charge in [0.1, 0.15) is 5.75 Å². The molecule has 1 N–H and O–H groups in total. The van der Waals surface area contributed by atoms with E-state index in [1.54, 1.807) is 38.1 Å². The second-order valence-electron chi connectivity index (χ2n) is 8.29. The molecule has 162 valence electrons. The van der Waals surface area contributed by atoms with Crippen LogP contribution in [0, 0.1) is 0 Å². The summed E-state index contributed by atoms with van der Waals surface area (Å²) in [6.45, 7) is 10.7. The highest BCUT2D eigenvalue weighted by atomic mass is 16.5. The van der Waals surface area contributed by atoms with Crippen molar-refractivity contribution in [3.05, 3.63) is 59.7 Å². The van der Waals surface area contributed by atoms with Gasteiger partial charge in [-0.25, -0.2) is 4.79 Å². The lowest BCUT2D eigenvalue weighted by Crippen LogP contribution is -2.15. The molecule has 1 amide bonds. The molecule has 30 heavy (non-hydrogen) atoms. The number of carbonyl (C=O) groups is 2. The van der Waals surface area contributed by atoms with Crippen molar-refractivity contribution in [2.45, 2.75) is 65.4 Å². The van der Waals surface area contributed by atoms with Crippen molar-refractivity contribution in [1.82, 2.24) is 0 Å². The molecule has 0 aromatic heterocycles. The molecule has 0 spiro atoms. The van der Waals surface area contributed by atoms with Crippen molar-refractivity contribution in [3.63, 3.8) is 0 Å². The minimum absolute atomic E-state index is 0.0869. The van der Waals surface area contributed by atoms with Gasteiger partial charge in [-0.05, 0) is 74.1 Å². The Labute approximate surface area is 179 Å². The van der Waals surface area contributed by atoms with Gasteiger partial charge >= 0.3 is 5.97 Å². The molecule has 0 bridgehead atoms. The summed E-state index contributed by atoms with van der Waals surface area (Å²) in [4.78, 5) is 24.0. The van der Waals surface area contributed by atoms with Gasteiger partial charge < -0.3 is 14.8 Å². The molecular formula is C25H33NO4. The summed E-state index contributed by atoms with van der Waals surface area (Å²) in [5.74, 6) is 0.359. The molecule has 0 saturated carbocycles. The molecule has 0 aliphatic carbocycles. The molecule has 5 nitrogen and oxygen atoms in total. The van der Waals surface area contributed by atoms with Crippen molar-refractivity contribution in [2.24, 2.45) is 0 Å². The summed E-state index contributed by atoms with van der Waals surface area (Å²) in [5, 5.41) is 2.83. The van der Waals surface area contributed by atoms with E-state index in [1.165, 1.54) is 5.56 Å². The van der Waals surface area contributed by atoms with E-state index in [9.17, 15) is 9.59 Å². The Bertz CT molecular complexity index is 823. The first-order chi connectivity index (χ1) is 14.2. The van der Waals surface area contributed by atoms with E-state index >= 15 is 0 Å². The van der Waals surface area contributed by atoms with Crippen molar-refractivity contribution in [1.29, 1.82) is 0 Å². The summed E-state index contributed by atoms with van der Waals surface area (Å²) in [5.41, 5.74) is 2.56. The number of benzene rings is 2. The van der Waals surface area contributed by atoms with E-state index in [2.05, 4.69) is 38.2 Å². The molecule has 0 aliphatic rings. The Balaban J connectivity index is 1.73. The monoisotopic (exact) mass is 411 g/mol. The van der Waals surface area contributed by atoms with Gasteiger partial charge in [0.05, 0.1) is 18.3 Å². The van der Waals surface area contributed by atoms with Gasteiger partial charge in [-0.2, -0.15) is 0 Å². The predicted octanol–water partition coefficient (Wildman–Crippen LogP) is 5.74. The number of hydrogen-bond acceptors (Lipinski definition) is 4. The van der Waals surface area contributed by atoms with Gasteiger partial charge in [-0.3, -0.25) is 4.79 Å². The molecule has 0 unspecified atom stereocenters. The van der Waals surface area contributed by atoms with Gasteiger partial charge in [0.2, 0.25) is 5.91 Å². The lowest BCUT2D eigenvalue weighted by atomic mass is 9.82. The van der Waals surface area contributed by atoms with E-state index in [4.69, 9.17) is 9.47 Å². The van der Waals surface area contributed by atoms with E-state index in [-0.39, 0.29) is 23.4 Å². The zero-order chi connectivity index (χ0) is 22.1. The largest absolute Gasteiger partial charge is 0.494 e. The zero-order valence-corrected chi connectivity index (χ0v) is 18.7. The molecule has 5 heteroatoms.